The van der Waals surface area contributed by atoms with Crippen molar-refractivity contribution in [2.45, 2.75) is 51.0 Å². The van der Waals surface area contributed by atoms with Gasteiger partial charge in [0.25, 0.3) is 5.91 Å². The van der Waals surface area contributed by atoms with Gasteiger partial charge in [0.05, 0.1) is 12.8 Å². The van der Waals surface area contributed by atoms with E-state index in [9.17, 15) is 4.79 Å². The van der Waals surface area contributed by atoms with Crippen molar-refractivity contribution in [3.05, 3.63) is 35.0 Å². The number of nitrogens with zero attached hydrogens (tertiary/aromatic N) is 2. The van der Waals surface area contributed by atoms with Crippen LogP contribution in [-0.4, -0.2) is 53.8 Å². The number of ether oxygens (including phenoxy) is 1. The topological polar surface area (TPSA) is 70.2 Å². The van der Waals surface area contributed by atoms with Crippen molar-refractivity contribution in [2.24, 2.45) is 5.92 Å². The standard InChI is InChI=1S/C23H30N4O2/c1-29-17-8-10-18-15(13-17)7-9-19-21(18)25-26-22(19)23(28)24-14-16-5-4-12-27-11-3-2-6-20(16)27/h8,10,13,16,20H,2-7,9,11-12,14H2,1H3,(H,24,28)(H,25,26). The van der Waals surface area contributed by atoms with Crippen LogP contribution in [0.2, 0.25) is 0 Å². The van der Waals surface area contributed by atoms with Crippen molar-refractivity contribution in [3.63, 3.8) is 0 Å². The fraction of sp³-hybridized carbons (Fsp3) is 0.565. The third kappa shape index (κ3) is 3.44. The molecule has 2 saturated heterocycles. The van der Waals surface area contributed by atoms with Crippen molar-refractivity contribution in [1.82, 2.24) is 20.4 Å². The summed E-state index contributed by atoms with van der Waals surface area (Å²) in [5, 5.41) is 10.7. The highest BCUT2D eigenvalue weighted by molar-refractivity contribution is 5.96. The minimum atomic E-state index is -0.0105. The first-order valence-corrected chi connectivity index (χ1v) is 11.0. The number of carbonyl (C=O) groups excluding carboxylic acids is 1. The third-order valence-corrected chi connectivity index (χ3v) is 7.06. The van der Waals surface area contributed by atoms with Gasteiger partial charge in [-0.25, -0.2) is 0 Å². The van der Waals surface area contributed by atoms with E-state index in [4.69, 9.17) is 4.74 Å². The van der Waals surface area contributed by atoms with Gasteiger partial charge < -0.3 is 15.0 Å². The highest BCUT2D eigenvalue weighted by Gasteiger charge is 2.33. The van der Waals surface area contributed by atoms with E-state index in [1.54, 1.807) is 7.11 Å². The molecule has 0 saturated carbocycles. The van der Waals surface area contributed by atoms with Crippen molar-refractivity contribution >= 4 is 5.91 Å². The smallest absolute Gasteiger partial charge is 0.269 e. The van der Waals surface area contributed by atoms with E-state index in [0.29, 0.717) is 17.7 Å². The Balaban J connectivity index is 1.30. The van der Waals surface area contributed by atoms with Gasteiger partial charge in [0, 0.05) is 23.7 Å². The number of carbonyl (C=O) groups is 1. The molecule has 2 aliphatic heterocycles. The Hall–Kier alpha value is -2.34. The Bertz CT molecular complexity index is 904. The first-order chi connectivity index (χ1) is 14.2. The summed E-state index contributed by atoms with van der Waals surface area (Å²) in [4.78, 5) is 15.6. The molecule has 1 amide bonds. The number of hydrogen-bond donors (Lipinski definition) is 2. The summed E-state index contributed by atoms with van der Waals surface area (Å²) in [6.45, 7) is 3.22. The number of aromatic nitrogens is 2. The number of rotatable bonds is 4. The summed E-state index contributed by atoms with van der Waals surface area (Å²) in [6.07, 6.45) is 8.12. The van der Waals surface area contributed by atoms with Crippen LogP contribution >= 0.6 is 0 Å². The largest absolute Gasteiger partial charge is 0.497 e. The molecule has 3 aliphatic rings. The first kappa shape index (κ1) is 18.7. The molecule has 1 aromatic heterocycles. The predicted octanol–water partition coefficient (Wildman–Crippen LogP) is 3.18. The summed E-state index contributed by atoms with van der Waals surface area (Å²) in [6, 6.07) is 6.73. The maximum atomic E-state index is 13.0. The number of nitrogens with one attached hydrogen (secondary N) is 2. The number of piperidine rings is 2. The number of H-pyrrole nitrogens is 1. The molecule has 2 N–H and O–H groups in total. The lowest BCUT2D eigenvalue weighted by Crippen LogP contribution is -2.51. The average molecular weight is 395 g/mol. The lowest BCUT2D eigenvalue weighted by molar-refractivity contribution is 0.0575. The zero-order valence-electron chi connectivity index (χ0n) is 17.2. The number of amides is 1. The van der Waals surface area contributed by atoms with Crippen LogP contribution in [0.3, 0.4) is 0 Å². The quantitative estimate of drug-likeness (QED) is 0.836. The zero-order chi connectivity index (χ0) is 19.8. The summed E-state index contributed by atoms with van der Waals surface area (Å²) < 4.78 is 5.34. The number of benzene rings is 1. The minimum absolute atomic E-state index is 0.0105. The molecule has 1 aliphatic carbocycles. The third-order valence-electron chi connectivity index (χ3n) is 7.06. The number of aromatic amines is 1. The molecule has 1 aromatic carbocycles. The van der Waals surface area contributed by atoms with E-state index in [1.807, 2.05) is 12.1 Å². The number of aryl methyl sites for hydroxylation is 1. The van der Waals surface area contributed by atoms with Crippen LogP contribution in [0.5, 0.6) is 5.75 Å². The van der Waals surface area contributed by atoms with Gasteiger partial charge in [-0.15, -0.1) is 0 Å². The number of fused-ring (bicyclic) bond motifs is 4. The molecule has 2 aromatic rings. The van der Waals surface area contributed by atoms with Crippen LogP contribution in [0.1, 0.15) is 53.7 Å². The SMILES string of the molecule is COc1ccc2c(c1)CCc1c-2n[nH]c1C(=O)NCC1CCCN2CCCCC12. The zero-order valence-corrected chi connectivity index (χ0v) is 17.2. The lowest BCUT2D eigenvalue weighted by atomic mass is 9.83. The minimum Gasteiger partial charge on any atom is -0.497 e. The van der Waals surface area contributed by atoms with Gasteiger partial charge in [0.15, 0.2) is 0 Å². The fourth-order valence-corrected chi connectivity index (χ4v) is 5.54. The maximum Gasteiger partial charge on any atom is 0.269 e. The average Bonchev–Trinajstić information content (AvgIpc) is 3.21. The van der Waals surface area contributed by atoms with E-state index in [2.05, 4.69) is 26.5 Å². The highest BCUT2D eigenvalue weighted by atomic mass is 16.5. The van der Waals surface area contributed by atoms with Gasteiger partial charge in [-0.2, -0.15) is 5.10 Å². The van der Waals surface area contributed by atoms with Gasteiger partial charge in [0.1, 0.15) is 11.4 Å². The molecule has 3 heterocycles. The van der Waals surface area contributed by atoms with Crippen LogP contribution in [0.15, 0.2) is 18.2 Å². The molecule has 2 unspecified atom stereocenters. The molecule has 2 atom stereocenters. The second kappa shape index (κ2) is 7.82. The van der Waals surface area contributed by atoms with E-state index in [0.717, 1.165) is 42.0 Å². The van der Waals surface area contributed by atoms with Crippen molar-refractivity contribution in [2.75, 3.05) is 26.7 Å². The molecular weight excluding hydrogens is 364 g/mol. The first-order valence-electron chi connectivity index (χ1n) is 11.0. The second-order valence-electron chi connectivity index (χ2n) is 8.66. The summed E-state index contributed by atoms with van der Waals surface area (Å²) in [5.41, 5.74) is 4.93. The maximum absolute atomic E-state index is 13.0. The van der Waals surface area contributed by atoms with Crippen molar-refractivity contribution in [3.8, 4) is 17.0 Å². The molecule has 5 rings (SSSR count). The Morgan fingerprint density at radius 3 is 3.03 bits per heavy atom. The van der Waals surface area contributed by atoms with Gasteiger partial charge in [-0.3, -0.25) is 9.89 Å². The van der Waals surface area contributed by atoms with E-state index in [-0.39, 0.29) is 5.91 Å². The van der Waals surface area contributed by atoms with Crippen LogP contribution in [0.25, 0.3) is 11.3 Å². The van der Waals surface area contributed by atoms with Crippen LogP contribution in [0.4, 0.5) is 0 Å². The van der Waals surface area contributed by atoms with E-state index >= 15 is 0 Å². The molecule has 0 radical (unpaired) electrons. The van der Waals surface area contributed by atoms with Gasteiger partial charge in [-0.1, -0.05) is 6.42 Å². The van der Waals surface area contributed by atoms with E-state index in [1.165, 1.54) is 50.8 Å². The summed E-state index contributed by atoms with van der Waals surface area (Å²) >= 11 is 0. The van der Waals surface area contributed by atoms with Gasteiger partial charge in [0.2, 0.25) is 0 Å². The monoisotopic (exact) mass is 394 g/mol. The van der Waals surface area contributed by atoms with Crippen LogP contribution in [-0.2, 0) is 12.8 Å². The Labute approximate surface area is 172 Å². The molecule has 6 nitrogen and oxygen atoms in total. The van der Waals surface area contributed by atoms with Crippen molar-refractivity contribution < 1.29 is 9.53 Å². The molecule has 6 heteroatoms. The fourth-order valence-electron chi connectivity index (χ4n) is 5.54. The normalized spacial score (nSPS) is 23.6. The van der Waals surface area contributed by atoms with Crippen molar-refractivity contribution in [1.29, 1.82) is 0 Å². The molecular formula is C23H30N4O2. The summed E-state index contributed by atoms with van der Waals surface area (Å²) in [7, 11) is 1.69. The predicted molar refractivity (Wildman–Crippen MR) is 112 cm³/mol. The molecule has 0 spiro atoms. The van der Waals surface area contributed by atoms with Gasteiger partial charge in [-0.05, 0) is 81.3 Å². The Morgan fingerprint density at radius 2 is 2.14 bits per heavy atom. The van der Waals surface area contributed by atoms with E-state index < -0.39 is 0 Å². The summed E-state index contributed by atoms with van der Waals surface area (Å²) in [5.74, 6) is 1.42. The van der Waals surface area contributed by atoms with Crippen LogP contribution < -0.4 is 10.1 Å². The number of hydrogen-bond acceptors (Lipinski definition) is 4. The highest BCUT2D eigenvalue weighted by Crippen LogP contribution is 2.35. The number of methoxy groups -OCH3 is 1. The molecule has 2 fully saturated rings. The van der Waals surface area contributed by atoms with Gasteiger partial charge >= 0.3 is 0 Å². The molecule has 0 bridgehead atoms. The second-order valence-corrected chi connectivity index (χ2v) is 8.66. The Morgan fingerprint density at radius 1 is 1.24 bits per heavy atom. The lowest BCUT2D eigenvalue weighted by Gasteiger charge is -2.44. The Kier molecular flexibility index (Phi) is 5.04. The van der Waals surface area contributed by atoms with Crippen LogP contribution in [0, 0.1) is 5.92 Å². The molecule has 29 heavy (non-hydrogen) atoms. The molecule has 154 valence electrons.